The van der Waals surface area contributed by atoms with Crippen molar-refractivity contribution in [3.8, 4) is 0 Å². The predicted molar refractivity (Wildman–Crippen MR) is 69.7 cm³/mol. The topological polar surface area (TPSA) is 83.5 Å². The van der Waals surface area contributed by atoms with Crippen molar-refractivity contribution in [3.05, 3.63) is 0 Å². The standard InChI is InChI=1S/C12H21NO4S/c1-12(2,11(15)16)18(17)8-10(14)13-9-6-4-3-5-7-9/h9H,3-8H2,1-2H3,(H,13,14)(H,15,16). The summed E-state index contributed by atoms with van der Waals surface area (Å²) in [5.41, 5.74) is 0. The molecule has 6 heteroatoms. The smallest absolute Gasteiger partial charge is 0.321 e. The first kappa shape index (κ1) is 15.1. The van der Waals surface area contributed by atoms with Gasteiger partial charge in [-0.25, -0.2) is 0 Å². The predicted octanol–water partition coefficient (Wildman–Crippen LogP) is 1.05. The third-order valence-electron chi connectivity index (χ3n) is 3.32. The van der Waals surface area contributed by atoms with Crippen LogP contribution in [0.25, 0.3) is 0 Å². The van der Waals surface area contributed by atoms with Crippen molar-refractivity contribution in [1.29, 1.82) is 0 Å². The van der Waals surface area contributed by atoms with Crippen LogP contribution in [0.2, 0.25) is 0 Å². The van der Waals surface area contributed by atoms with Gasteiger partial charge in [-0.2, -0.15) is 0 Å². The number of amides is 1. The van der Waals surface area contributed by atoms with Crippen molar-refractivity contribution >= 4 is 22.7 Å². The van der Waals surface area contributed by atoms with Crippen LogP contribution in [0.1, 0.15) is 46.0 Å². The molecule has 0 aromatic rings. The highest BCUT2D eigenvalue weighted by atomic mass is 32.2. The average Bonchev–Trinajstić information content (AvgIpc) is 2.29. The van der Waals surface area contributed by atoms with Gasteiger partial charge in [-0.3, -0.25) is 13.8 Å². The zero-order chi connectivity index (χ0) is 13.8. The monoisotopic (exact) mass is 275 g/mol. The van der Waals surface area contributed by atoms with Gasteiger partial charge in [0.1, 0.15) is 10.5 Å². The number of carbonyl (C=O) groups is 2. The van der Waals surface area contributed by atoms with Gasteiger partial charge in [0.05, 0.1) is 0 Å². The van der Waals surface area contributed by atoms with Gasteiger partial charge >= 0.3 is 5.97 Å². The summed E-state index contributed by atoms with van der Waals surface area (Å²) in [6.07, 6.45) is 5.33. The molecule has 18 heavy (non-hydrogen) atoms. The lowest BCUT2D eigenvalue weighted by Crippen LogP contribution is -2.44. The molecule has 2 N–H and O–H groups in total. The van der Waals surface area contributed by atoms with Crippen molar-refractivity contribution in [2.75, 3.05) is 5.75 Å². The quantitative estimate of drug-likeness (QED) is 0.785. The number of aliphatic carboxylic acids is 1. The molecule has 0 radical (unpaired) electrons. The second-order valence-corrected chi connectivity index (χ2v) is 7.21. The summed E-state index contributed by atoms with van der Waals surface area (Å²) in [6, 6.07) is 0.163. The molecule has 1 unspecified atom stereocenters. The summed E-state index contributed by atoms with van der Waals surface area (Å²) < 4.78 is 10.4. The molecule has 1 fully saturated rings. The second kappa shape index (κ2) is 6.31. The van der Waals surface area contributed by atoms with Crippen molar-refractivity contribution in [2.45, 2.75) is 56.7 Å². The van der Waals surface area contributed by atoms with Gasteiger partial charge in [0, 0.05) is 16.8 Å². The fourth-order valence-corrected chi connectivity index (χ4v) is 2.79. The van der Waals surface area contributed by atoms with E-state index >= 15 is 0 Å². The van der Waals surface area contributed by atoms with Gasteiger partial charge in [0.2, 0.25) is 5.91 Å². The molecular formula is C12H21NO4S. The van der Waals surface area contributed by atoms with E-state index in [9.17, 15) is 13.8 Å². The molecular weight excluding hydrogens is 254 g/mol. The van der Waals surface area contributed by atoms with Gasteiger partial charge in [-0.1, -0.05) is 19.3 Å². The van der Waals surface area contributed by atoms with E-state index in [-0.39, 0.29) is 17.7 Å². The summed E-state index contributed by atoms with van der Waals surface area (Å²) in [5.74, 6) is -1.70. The van der Waals surface area contributed by atoms with Gasteiger partial charge < -0.3 is 10.4 Å². The van der Waals surface area contributed by atoms with E-state index in [1.807, 2.05) is 0 Å². The first-order valence-corrected chi connectivity index (χ1v) is 7.57. The molecule has 0 aromatic carbocycles. The lowest BCUT2D eigenvalue weighted by Gasteiger charge is -2.24. The maximum atomic E-state index is 11.8. The number of hydrogen-bond donors (Lipinski definition) is 2. The number of carboxylic acids is 1. The summed E-state index contributed by atoms with van der Waals surface area (Å²) in [5, 5.41) is 11.8. The Bertz CT molecular complexity index is 348. The molecule has 0 spiro atoms. The number of carboxylic acid groups (broad SMARTS) is 1. The van der Waals surface area contributed by atoms with E-state index in [0.717, 1.165) is 25.7 Å². The molecule has 1 saturated carbocycles. The Kier molecular flexibility index (Phi) is 5.31. The minimum Gasteiger partial charge on any atom is -0.480 e. The molecule has 1 atom stereocenters. The summed E-state index contributed by atoms with van der Waals surface area (Å²) in [4.78, 5) is 22.6. The average molecular weight is 275 g/mol. The highest BCUT2D eigenvalue weighted by Crippen LogP contribution is 2.18. The zero-order valence-corrected chi connectivity index (χ0v) is 11.7. The van der Waals surface area contributed by atoms with Crippen LogP contribution in [-0.4, -0.2) is 37.7 Å². The molecule has 0 bridgehead atoms. The Labute approximate surface area is 110 Å². The third kappa shape index (κ3) is 4.08. The van der Waals surface area contributed by atoms with Crippen LogP contribution in [0.4, 0.5) is 0 Å². The highest BCUT2D eigenvalue weighted by Gasteiger charge is 2.35. The first-order valence-electron chi connectivity index (χ1n) is 6.25. The van der Waals surface area contributed by atoms with E-state index in [0.29, 0.717) is 0 Å². The summed E-state index contributed by atoms with van der Waals surface area (Å²) in [6.45, 7) is 2.75. The lowest BCUT2D eigenvalue weighted by molar-refractivity contribution is -0.139. The number of nitrogens with one attached hydrogen (secondary N) is 1. The van der Waals surface area contributed by atoms with E-state index in [2.05, 4.69) is 5.32 Å². The lowest BCUT2D eigenvalue weighted by atomic mass is 9.95. The molecule has 0 aromatic heterocycles. The van der Waals surface area contributed by atoms with Gasteiger partial charge in [0.25, 0.3) is 0 Å². The SMILES string of the molecule is CC(C)(C(=O)O)S(=O)CC(=O)NC1CCCCC1. The van der Waals surface area contributed by atoms with E-state index in [1.165, 1.54) is 20.3 Å². The van der Waals surface area contributed by atoms with Crippen LogP contribution in [0.3, 0.4) is 0 Å². The normalized spacial score (nSPS) is 19.2. The molecule has 0 aliphatic heterocycles. The Morgan fingerprint density at radius 2 is 1.83 bits per heavy atom. The Morgan fingerprint density at radius 1 is 1.28 bits per heavy atom. The van der Waals surface area contributed by atoms with Crippen LogP contribution in [-0.2, 0) is 20.4 Å². The molecule has 1 rings (SSSR count). The molecule has 1 amide bonds. The first-order chi connectivity index (χ1) is 8.34. The molecule has 0 saturated heterocycles. The zero-order valence-electron chi connectivity index (χ0n) is 10.9. The fraction of sp³-hybridized carbons (Fsp3) is 0.833. The number of carbonyl (C=O) groups excluding carboxylic acids is 1. The molecule has 1 aliphatic carbocycles. The van der Waals surface area contributed by atoms with Crippen LogP contribution < -0.4 is 5.32 Å². The summed E-state index contributed by atoms with van der Waals surface area (Å²) in [7, 11) is -1.71. The fourth-order valence-electron chi connectivity index (χ4n) is 1.91. The van der Waals surface area contributed by atoms with Gasteiger partial charge in [-0.15, -0.1) is 0 Å². The molecule has 1 aliphatic rings. The highest BCUT2D eigenvalue weighted by molar-refractivity contribution is 7.87. The second-order valence-electron chi connectivity index (χ2n) is 5.21. The Morgan fingerprint density at radius 3 is 2.33 bits per heavy atom. The van der Waals surface area contributed by atoms with Crippen LogP contribution in [0.15, 0.2) is 0 Å². The van der Waals surface area contributed by atoms with E-state index in [4.69, 9.17) is 5.11 Å². The van der Waals surface area contributed by atoms with Crippen LogP contribution in [0.5, 0.6) is 0 Å². The van der Waals surface area contributed by atoms with Gasteiger partial charge in [0.15, 0.2) is 0 Å². The molecule has 5 nitrogen and oxygen atoms in total. The van der Waals surface area contributed by atoms with Crippen molar-refractivity contribution in [2.24, 2.45) is 0 Å². The Hall–Kier alpha value is -0.910. The Balaban J connectivity index is 2.44. The van der Waals surface area contributed by atoms with Gasteiger partial charge in [-0.05, 0) is 26.7 Å². The minimum absolute atomic E-state index is 0.163. The van der Waals surface area contributed by atoms with Crippen LogP contribution in [0, 0.1) is 0 Å². The van der Waals surface area contributed by atoms with E-state index in [1.54, 1.807) is 0 Å². The molecule has 104 valence electrons. The maximum absolute atomic E-state index is 11.8. The van der Waals surface area contributed by atoms with Crippen LogP contribution >= 0.6 is 0 Å². The van der Waals surface area contributed by atoms with E-state index < -0.39 is 21.5 Å². The maximum Gasteiger partial charge on any atom is 0.321 e. The van der Waals surface area contributed by atoms with Crippen molar-refractivity contribution in [1.82, 2.24) is 5.32 Å². The minimum atomic E-state index is -1.71. The third-order valence-corrected chi connectivity index (χ3v) is 5.15. The van der Waals surface area contributed by atoms with Crippen molar-refractivity contribution < 1.29 is 18.9 Å². The largest absolute Gasteiger partial charge is 0.480 e. The molecule has 0 heterocycles. The van der Waals surface area contributed by atoms with Crippen molar-refractivity contribution in [3.63, 3.8) is 0 Å². The summed E-state index contributed by atoms with van der Waals surface area (Å²) >= 11 is 0. The number of rotatable bonds is 5. The number of hydrogen-bond acceptors (Lipinski definition) is 3.